The first-order valence-corrected chi connectivity index (χ1v) is 8.67. The lowest BCUT2D eigenvalue weighted by Crippen LogP contribution is -2.23. The molecule has 0 spiro atoms. The first-order chi connectivity index (χ1) is 12.5. The Morgan fingerprint density at radius 1 is 1.19 bits per heavy atom. The fourth-order valence-electron chi connectivity index (χ4n) is 2.10. The van der Waals surface area contributed by atoms with Gasteiger partial charge in [-0.2, -0.15) is 0 Å². The molecule has 0 saturated heterocycles. The van der Waals surface area contributed by atoms with Crippen molar-refractivity contribution in [2.45, 2.75) is 6.54 Å². The summed E-state index contributed by atoms with van der Waals surface area (Å²) in [6.07, 6.45) is 4.20. The van der Waals surface area contributed by atoms with E-state index in [0.717, 1.165) is 0 Å². The van der Waals surface area contributed by atoms with Gasteiger partial charge < -0.3 is 10.6 Å². The molecule has 2 aromatic heterocycles. The van der Waals surface area contributed by atoms with E-state index in [4.69, 9.17) is 11.6 Å². The molecule has 0 fully saturated rings. The van der Waals surface area contributed by atoms with Gasteiger partial charge in [0.25, 0.3) is 11.8 Å². The number of hydrogen-bond acceptors (Lipinski definition) is 5. The molecule has 0 aliphatic rings. The Labute approximate surface area is 157 Å². The Kier molecular flexibility index (Phi) is 5.55. The molecule has 132 valence electrons. The predicted octanol–water partition coefficient (Wildman–Crippen LogP) is 3.51. The molecule has 2 amide bonds. The number of aromatic nitrogens is 2. The van der Waals surface area contributed by atoms with Crippen LogP contribution >= 0.6 is 22.9 Å². The van der Waals surface area contributed by atoms with Gasteiger partial charge in [0.05, 0.1) is 16.9 Å². The van der Waals surface area contributed by atoms with Crippen molar-refractivity contribution in [1.82, 2.24) is 15.3 Å². The van der Waals surface area contributed by atoms with Crippen LogP contribution in [0, 0.1) is 5.82 Å². The molecule has 3 aromatic rings. The summed E-state index contributed by atoms with van der Waals surface area (Å²) >= 11 is 6.91. The number of nitrogens with zero attached hydrogens (tertiary/aromatic N) is 2. The van der Waals surface area contributed by atoms with Gasteiger partial charge in [-0.15, -0.1) is 11.3 Å². The molecule has 2 heterocycles. The highest BCUT2D eigenvalue weighted by atomic mass is 35.5. The third kappa shape index (κ3) is 4.22. The Balaban J connectivity index is 1.66. The summed E-state index contributed by atoms with van der Waals surface area (Å²) in [6, 6.07) is 5.85. The highest BCUT2D eigenvalue weighted by Crippen LogP contribution is 2.23. The van der Waals surface area contributed by atoms with E-state index in [1.165, 1.54) is 48.1 Å². The molecule has 6 nitrogen and oxygen atoms in total. The van der Waals surface area contributed by atoms with Crippen LogP contribution in [-0.2, 0) is 6.54 Å². The fraction of sp³-hybridized carbons (Fsp3) is 0.0588. The highest BCUT2D eigenvalue weighted by Gasteiger charge is 2.16. The number of nitrogens with one attached hydrogen (secondary N) is 2. The average Bonchev–Trinajstić information content (AvgIpc) is 3.11. The van der Waals surface area contributed by atoms with Gasteiger partial charge in [0, 0.05) is 18.9 Å². The number of hydrogen-bond donors (Lipinski definition) is 2. The molecule has 3 rings (SSSR count). The predicted molar refractivity (Wildman–Crippen MR) is 96.9 cm³/mol. The van der Waals surface area contributed by atoms with Crippen molar-refractivity contribution in [1.29, 1.82) is 0 Å². The van der Waals surface area contributed by atoms with Gasteiger partial charge in [0.15, 0.2) is 0 Å². The van der Waals surface area contributed by atoms with Crippen LogP contribution in [0.3, 0.4) is 0 Å². The van der Waals surface area contributed by atoms with Crippen LogP contribution in [0.2, 0.25) is 5.02 Å². The smallest absolute Gasteiger partial charge is 0.275 e. The summed E-state index contributed by atoms with van der Waals surface area (Å²) in [4.78, 5) is 32.6. The molecular formula is C17H12ClFN4O2S. The molecule has 0 saturated carbocycles. The summed E-state index contributed by atoms with van der Waals surface area (Å²) in [5.74, 6) is -1.35. The van der Waals surface area contributed by atoms with Gasteiger partial charge in [0.2, 0.25) is 0 Å². The van der Waals surface area contributed by atoms with E-state index in [1.807, 2.05) is 0 Å². The number of amides is 2. The second-order valence-electron chi connectivity index (χ2n) is 5.14. The standard InChI is InChI=1S/C17H12ClFN4O2S/c18-11-7-10(1-2-12(11)19)8-22-17(25)15-13(3-6-26-15)23-16(24)14-9-20-4-5-21-14/h1-7,9H,8H2,(H,22,25)(H,23,24). The Hall–Kier alpha value is -2.84. The molecule has 2 N–H and O–H groups in total. The zero-order valence-electron chi connectivity index (χ0n) is 13.2. The number of benzene rings is 1. The van der Waals surface area contributed by atoms with Gasteiger partial charge in [-0.1, -0.05) is 17.7 Å². The third-order valence-corrected chi connectivity index (χ3v) is 4.56. The van der Waals surface area contributed by atoms with E-state index < -0.39 is 11.7 Å². The van der Waals surface area contributed by atoms with Crippen molar-refractivity contribution in [2.24, 2.45) is 0 Å². The van der Waals surface area contributed by atoms with E-state index in [1.54, 1.807) is 11.4 Å². The Morgan fingerprint density at radius 3 is 2.77 bits per heavy atom. The second kappa shape index (κ2) is 8.03. The summed E-state index contributed by atoms with van der Waals surface area (Å²) in [6.45, 7) is 0.175. The molecule has 26 heavy (non-hydrogen) atoms. The third-order valence-electron chi connectivity index (χ3n) is 3.35. The van der Waals surface area contributed by atoms with E-state index in [0.29, 0.717) is 16.1 Å². The zero-order valence-corrected chi connectivity index (χ0v) is 14.8. The summed E-state index contributed by atoms with van der Waals surface area (Å²) < 4.78 is 13.2. The molecule has 0 radical (unpaired) electrons. The summed E-state index contributed by atoms with van der Waals surface area (Å²) in [5.41, 5.74) is 1.18. The number of carbonyl (C=O) groups excluding carboxylic acids is 2. The van der Waals surface area contributed by atoms with Gasteiger partial charge in [-0.3, -0.25) is 14.6 Å². The van der Waals surface area contributed by atoms with Gasteiger partial charge >= 0.3 is 0 Å². The number of rotatable bonds is 5. The maximum absolute atomic E-state index is 13.2. The van der Waals surface area contributed by atoms with Crippen molar-refractivity contribution in [2.75, 3.05) is 5.32 Å². The minimum atomic E-state index is -0.519. The average molecular weight is 391 g/mol. The van der Waals surface area contributed by atoms with Crippen LogP contribution in [0.1, 0.15) is 25.7 Å². The van der Waals surface area contributed by atoms with Crippen molar-refractivity contribution in [3.05, 3.63) is 75.2 Å². The lowest BCUT2D eigenvalue weighted by Gasteiger charge is -2.08. The number of thiophene rings is 1. The maximum atomic E-state index is 13.2. The summed E-state index contributed by atoms with van der Waals surface area (Å²) in [5, 5.41) is 7.03. The monoisotopic (exact) mass is 390 g/mol. The Bertz CT molecular complexity index is 949. The molecule has 0 aliphatic carbocycles. The fourth-order valence-corrected chi connectivity index (χ4v) is 3.07. The van der Waals surface area contributed by atoms with Crippen LogP contribution in [0.25, 0.3) is 0 Å². The van der Waals surface area contributed by atoms with Gasteiger partial charge in [-0.05, 0) is 29.1 Å². The van der Waals surface area contributed by atoms with Crippen LogP contribution in [0.5, 0.6) is 0 Å². The molecule has 0 atom stereocenters. The lowest BCUT2D eigenvalue weighted by atomic mass is 10.2. The van der Waals surface area contributed by atoms with E-state index in [9.17, 15) is 14.0 Å². The van der Waals surface area contributed by atoms with Crippen LogP contribution in [0.15, 0.2) is 48.2 Å². The van der Waals surface area contributed by atoms with Crippen LogP contribution in [0.4, 0.5) is 10.1 Å². The molecule has 1 aromatic carbocycles. The molecule has 0 bridgehead atoms. The normalized spacial score (nSPS) is 10.4. The topological polar surface area (TPSA) is 84.0 Å². The minimum absolute atomic E-state index is 0.00945. The van der Waals surface area contributed by atoms with E-state index >= 15 is 0 Å². The quantitative estimate of drug-likeness (QED) is 0.698. The van der Waals surface area contributed by atoms with Crippen molar-refractivity contribution >= 4 is 40.4 Å². The Morgan fingerprint density at radius 2 is 2.04 bits per heavy atom. The van der Waals surface area contributed by atoms with E-state index in [-0.39, 0.29) is 23.2 Å². The van der Waals surface area contributed by atoms with Gasteiger partial charge in [-0.25, -0.2) is 9.37 Å². The molecular weight excluding hydrogens is 379 g/mol. The van der Waals surface area contributed by atoms with Crippen LogP contribution < -0.4 is 10.6 Å². The van der Waals surface area contributed by atoms with Crippen LogP contribution in [-0.4, -0.2) is 21.8 Å². The number of carbonyl (C=O) groups is 2. The van der Waals surface area contributed by atoms with Crippen molar-refractivity contribution < 1.29 is 14.0 Å². The number of anilines is 1. The van der Waals surface area contributed by atoms with Gasteiger partial charge in [0.1, 0.15) is 16.4 Å². The zero-order chi connectivity index (χ0) is 18.5. The highest BCUT2D eigenvalue weighted by molar-refractivity contribution is 7.12. The molecule has 9 heteroatoms. The first-order valence-electron chi connectivity index (χ1n) is 7.41. The largest absolute Gasteiger partial charge is 0.347 e. The SMILES string of the molecule is O=C(Nc1ccsc1C(=O)NCc1ccc(F)c(Cl)c1)c1cnccn1. The second-order valence-corrected chi connectivity index (χ2v) is 6.46. The number of halogens is 2. The van der Waals surface area contributed by atoms with Crippen molar-refractivity contribution in [3.8, 4) is 0 Å². The van der Waals surface area contributed by atoms with Crippen molar-refractivity contribution in [3.63, 3.8) is 0 Å². The minimum Gasteiger partial charge on any atom is -0.347 e. The van der Waals surface area contributed by atoms with E-state index in [2.05, 4.69) is 20.6 Å². The molecule has 0 unspecified atom stereocenters. The summed E-state index contributed by atoms with van der Waals surface area (Å²) in [7, 11) is 0. The molecule has 0 aliphatic heterocycles. The first kappa shape index (κ1) is 18.0. The lowest BCUT2D eigenvalue weighted by molar-refractivity contribution is 0.0955. The maximum Gasteiger partial charge on any atom is 0.275 e.